The highest BCUT2D eigenvalue weighted by Crippen LogP contribution is 2.21. The largest absolute Gasteiger partial charge is 0.369 e. The number of rotatable bonds is 3. The van der Waals surface area contributed by atoms with Crippen molar-refractivity contribution < 1.29 is 13.6 Å². The number of halogens is 2. The lowest BCUT2D eigenvalue weighted by Gasteiger charge is -2.30. The Kier molecular flexibility index (Phi) is 3.91. The van der Waals surface area contributed by atoms with Gasteiger partial charge in [-0.1, -0.05) is 12.1 Å². The second kappa shape index (κ2) is 5.44. The van der Waals surface area contributed by atoms with E-state index in [0.717, 1.165) is 19.0 Å². The molecule has 1 aromatic carbocycles. The monoisotopic (exact) mass is 254 g/mol. The number of nitrogens with two attached hydrogens (primary N) is 1. The van der Waals surface area contributed by atoms with E-state index in [2.05, 4.69) is 5.32 Å². The van der Waals surface area contributed by atoms with Crippen LogP contribution in [-0.4, -0.2) is 18.5 Å². The first-order chi connectivity index (χ1) is 8.59. The predicted octanol–water partition coefficient (Wildman–Crippen LogP) is 1.36. The third-order valence-electron chi connectivity index (χ3n) is 3.42. The van der Waals surface area contributed by atoms with Crippen molar-refractivity contribution in [3.63, 3.8) is 0 Å². The zero-order valence-corrected chi connectivity index (χ0v) is 9.96. The summed E-state index contributed by atoms with van der Waals surface area (Å²) in [6.07, 6.45) is 1.84. The Hall–Kier alpha value is -1.49. The summed E-state index contributed by atoms with van der Waals surface area (Å²) in [5.74, 6) is -2.41. The van der Waals surface area contributed by atoms with Gasteiger partial charge in [-0.3, -0.25) is 4.79 Å². The van der Waals surface area contributed by atoms with Crippen LogP contribution in [0.3, 0.4) is 0 Å². The maximum absolute atomic E-state index is 13.6. The Labute approximate surface area is 104 Å². The molecule has 5 heteroatoms. The maximum atomic E-state index is 13.6. The predicted molar refractivity (Wildman–Crippen MR) is 63.8 cm³/mol. The second-order valence-electron chi connectivity index (χ2n) is 4.63. The third kappa shape index (κ3) is 2.67. The first-order valence-electron chi connectivity index (χ1n) is 6.05. The fourth-order valence-corrected chi connectivity index (χ4v) is 2.45. The third-order valence-corrected chi connectivity index (χ3v) is 3.42. The van der Waals surface area contributed by atoms with Crippen LogP contribution in [0.1, 0.15) is 18.4 Å². The van der Waals surface area contributed by atoms with Gasteiger partial charge in [0.1, 0.15) is 0 Å². The average Bonchev–Trinajstić information content (AvgIpc) is 2.35. The van der Waals surface area contributed by atoms with Gasteiger partial charge in [0.05, 0.1) is 5.92 Å². The maximum Gasteiger partial charge on any atom is 0.222 e. The first-order valence-corrected chi connectivity index (χ1v) is 6.05. The molecule has 1 saturated heterocycles. The van der Waals surface area contributed by atoms with Gasteiger partial charge in [0.15, 0.2) is 11.6 Å². The molecule has 18 heavy (non-hydrogen) atoms. The van der Waals surface area contributed by atoms with E-state index in [4.69, 9.17) is 5.73 Å². The number of carbonyl (C=O) groups excluding carboxylic acids is 1. The van der Waals surface area contributed by atoms with Gasteiger partial charge in [-0.2, -0.15) is 0 Å². The Morgan fingerprint density at radius 2 is 2.22 bits per heavy atom. The molecule has 1 fully saturated rings. The van der Waals surface area contributed by atoms with Crippen LogP contribution in [0.4, 0.5) is 8.78 Å². The molecule has 0 spiro atoms. The Balaban J connectivity index is 2.16. The van der Waals surface area contributed by atoms with E-state index < -0.39 is 11.6 Å². The van der Waals surface area contributed by atoms with E-state index >= 15 is 0 Å². The van der Waals surface area contributed by atoms with E-state index in [1.54, 1.807) is 0 Å². The molecule has 1 aromatic rings. The van der Waals surface area contributed by atoms with E-state index in [1.165, 1.54) is 12.1 Å². The summed E-state index contributed by atoms with van der Waals surface area (Å²) in [6.45, 7) is 0.769. The molecule has 2 atom stereocenters. The van der Waals surface area contributed by atoms with Gasteiger partial charge in [-0.15, -0.1) is 0 Å². The summed E-state index contributed by atoms with van der Waals surface area (Å²) >= 11 is 0. The van der Waals surface area contributed by atoms with Gasteiger partial charge in [-0.25, -0.2) is 8.78 Å². The Bertz CT molecular complexity index is 451. The van der Waals surface area contributed by atoms with Crippen LogP contribution in [0.5, 0.6) is 0 Å². The number of primary amides is 1. The number of amides is 1. The second-order valence-corrected chi connectivity index (χ2v) is 4.63. The van der Waals surface area contributed by atoms with Crippen LogP contribution in [0, 0.1) is 17.6 Å². The summed E-state index contributed by atoms with van der Waals surface area (Å²) in [6, 6.07) is 3.87. The average molecular weight is 254 g/mol. The summed E-state index contributed by atoms with van der Waals surface area (Å²) in [5.41, 5.74) is 5.61. The number of benzene rings is 1. The van der Waals surface area contributed by atoms with E-state index in [-0.39, 0.29) is 29.9 Å². The van der Waals surface area contributed by atoms with Crippen LogP contribution in [0.25, 0.3) is 0 Å². The lowest BCUT2D eigenvalue weighted by molar-refractivity contribution is -0.123. The van der Waals surface area contributed by atoms with Crippen LogP contribution in [0.15, 0.2) is 18.2 Å². The molecule has 0 radical (unpaired) electrons. The van der Waals surface area contributed by atoms with Gasteiger partial charge < -0.3 is 11.1 Å². The highest BCUT2D eigenvalue weighted by molar-refractivity contribution is 5.77. The molecule has 98 valence electrons. The molecule has 3 N–H and O–H groups in total. The molecule has 1 aliphatic rings. The summed E-state index contributed by atoms with van der Waals surface area (Å²) in [4.78, 5) is 11.3. The lowest BCUT2D eigenvalue weighted by atomic mass is 9.86. The van der Waals surface area contributed by atoms with Gasteiger partial charge >= 0.3 is 0 Å². The molecule has 1 amide bonds. The minimum Gasteiger partial charge on any atom is -0.369 e. The van der Waals surface area contributed by atoms with Crippen LogP contribution < -0.4 is 11.1 Å². The summed E-state index contributed by atoms with van der Waals surface area (Å²) < 4.78 is 26.7. The zero-order valence-electron chi connectivity index (χ0n) is 9.96. The Morgan fingerprint density at radius 3 is 2.94 bits per heavy atom. The molecule has 1 aliphatic heterocycles. The van der Waals surface area contributed by atoms with Crippen molar-refractivity contribution in [2.45, 2.75) is 25.3 Å². The number of hydrogen-bond acceptors (Lipinski definition) is 2. The summed E-state index contributed by atoms with van der Waals surface area (Å²) in [7, 11) is 0. The van der Waals surface area contributed by atoms with Crippen LogP contribution in [-0.2, 0) is 11.2 Å². The van der Waals surface area contributed by atoms with E-state index in [1.807, 2.05) is 0 Å². The van der Waals surface area contributed by atoms with Crippen LogP contribution >= 0.6 is 0 Å². The number of piperidine rings is 1. The minimum absolute atomic E-state index is 0.215. The SMILES string of the molecule is NC(=O)C1CCCNC1Cc1cccc(F)c1F. The zero-order chi connectivity index (χ0) is 13.1. The topological polar surface area (TPSA) is 55.1 Å². The standard InChI is InChI=1S/C13H16F2N2O/c14-10-5-1-3-8(12(10)15)7-11-9(13(16)18)4-2-6-17-11/h1,3,5,9,11,17H,2,4,6-7H2,(H2,16,18). The van der Waals surface area contributed by atoms with Gasteiger partial charge in [0.2, 0.25) is 5.91 Å². The highest BCUT2D eigenvalue weighted by atomic mass is 19.2. The molecular formula is C13H16F2N2O. The van der Waals surface area contributed by atoms with Crippen molar-refractivity contribution in [2.24, 2.45) is 11.7 Å². The van der Waals surface area contributed by atoms with Gasteiger partial charge in [0.25, 0.3) is 0 Å². The van der Waals surface area contributed by atoms with E-state index in [0.29, 0.717) is 6.42 Å². The normalized spacial score (nSPS) is 23.9. The van der Waals surface area contributed by atoms with Crippen molar-refractivity contribution >= 4 is 5.91 Å². The van der Waals surface area contributed by atoms with Crippen LogP contribution in [0.2, 0.25) is 0 Å². The molecule has 0 aliphatic carbocycles. The highest BCUT2D eigenvalue weighted by Gasteiger charge is 2.29. The fraction of sp³-hybridized carbons (Fsp3) is 0.462. The van der Waals surface area contributed by atoms with Crippen molar-refractivity contribution in [3.05, 3.63) is 35.4 Å². The summed E-state index contributed by atoms with van der Waals surface area (Å²) in [5, 5.41) is 3.16. The molecular weight excluding hydrogens is 238 g/mol. The van der Waals surface area contributed by atoms with Crippen molar-refractivity contribution in [1.29, 1.82) is 0 Å². The number of hydrogen-bond donors (Lipinski definition) is 2. The molecule has 1 heterocycles. The van der Waals surface area contributed by atoms with Gasteiger partial charge in [-0.05, 0) is 37.4 Å². The molecule has 3 nitrogen and oxygen atoms in total. The molecule has 0 saturated carbocycles. The number of nitrogens with one attached hydrogen (secondary N) is 1. The molecule has 2 unspecified atom stereocenters. The van der Waals surface area contributed by atoms with Crippen molar-refractivity contribution in [2.75, 3.05) is 6.54 Å². The van der Waals surface area contributed by atoms with Crippen molar-refractivity contribution in [1.82, 2.24) is 5.32 Å². The van der Waals surface area contributed by atoms with Gasteiger partial charge in [0, 0.05) is 6.04 Å². The fourth-order valence-electron chi connectivity index (χ4n) is 2.45. The molecule has 2 rings (SSSR count). The minimum atomic E-state index is -0.862. The first kappa shape index (κ1) is 13.0. The molecule has 0 aromatic heterocycles. The Morgan fingerprint density at radius 1 is 1.44 bits per heavy atom. The lowest BCUT2D eigenvalue weighted by Crippen LogP contribution is -2.48. The quantitative estimate of drug-likeness (QED) is 0.855. The smallest absolute Gasteiger partial charge is 0.222 e. The molecule has 0 bridgehead atoms. The van der Waals surface area contributed by atoms with E-state index in [9.17, 15) is 13.6 Å². The number of carbonyl (C=O) groups is 1. The van der Waals surface area contributed by atoms with Crippen molar-refractivity contribution in [3.8, 4) is 0 Å².